The summed E-state index contributed by atoms with van der Waals surface area (Å²) >= 11 is 0. The Morgan fingerprint density at radius 1 is 0.192 bits per heavy atom. The number of alkyl halides is 3. The van der Waals surface area contributed by atoms with Crippen LogP contribution in [0.25, 0.3) is 176 Å². The molecule has 20 aromatic rings. The van der Waals surface area contributed by atoms with Crippen LogP contribution in [0.2, 0.25) is 0 Å². The van der Waals surface area contributed by atoms with E-state index in [4.69, 9.17) is 0 Å². The fourth-order valence-corrected chi connectivity index (χ4v) is 16.1. The van der Waals surface area contributed by atoms with Crippen molar-refractivity contribution < 1.29 is 35.1 Å². The summed E-state index contributed by atoms with van der Waals surface area (Å²) in [4.78, 5) is 0. The lowest BCUT2D eigenvalue weighted by Gasteiger charge is -2.23. The van der Waals surface area contributed by atoms with Crippen LogP contribution in [0.15, 0.2) is 279 Å². The summed E-state index contributed by atoms with van der Waals surface area (Å²) in [5.41, 5.74) is 6.32. The Morgan fingerprint density at radius 3 is 0.616 bits per heavy atom. The van der Waals surface area contributed by atoms with Gasteiger partial charge in [-0.05, 0) is 133 Å². The van der Waals surface area contributed by atoms with E-state index < -0.39 is 63.3 Å². The highest BCUT2D eigenvalue weighted by Gasteiger charge is 2.38. The average molecular weight is 1300 g/mol. The second-order valence-corrected chi connectivity index (χ2v) is 25.3. The van der Waals surface area contributed by atoms with Crippen LogP contribution >= 0.6 is 0 Å². The van der Waals surface area contributed by atoms with Gasteiger partial charge in [0.05, 0.1) is 88.7 Å². The van der Waals surface area contributed by atoms with E-state index in [2.05, 4.69) is 18.3 Å². The molecule has 0 bridgehead atoms. The summed E-state index contributed by atoms with van der Waals surface area (Å²) in [5.74, 6) is -11.4. The Kier molecular flexibility index (Phi) is 11.8. The van der Waals surface area contributed by atoms with Crippen molar-refractivity contribution in [3.05, 3.63) is 314 Å². The van der Waals surface area contributed by atoms with Crippen LogP contribution in [-0.2, 0) is 6.18 Å². The van der Waals surface area contributed by atoms with Gasteiger partial charge in [0.15, 0.2) is 23.3 Å². The topological polar surface area (TPSA) is 29.6 Å². The lowest BCUT2D eigenvalue weighted by atomic mass is 9.96. The number of aromatic nitrogens is 6. The monoisotopic (exact) mass is 1300 g/mol. The molecular formula is C85H46F8N6. The molecule has 99 heavy (non-hydrogen) atoms. The SMILES string of the molecule is Fc1c(F)c(F)c(-c2c(-n3c4ccc(-n5c6ccccc6c6ccccc65)cc4c4cc(-n5c6ccccc6c6ccccc65)ccc43)cc(C(F)(F)F)cc2-n2c3ccc(-n4c5ccccc5c5ccccc54)cc3c3cc(-n4c5ccccc5c5ccccc54)ccc32)c(F)c1F. The molecular weight excluding hydrogens is 1260 g/mol. The summed E-state index contributed by atoms with van der Waals surface area (Å²) in [6.45, 7) is 0. The van der Waals surface area contributed by atoms with E-state index in [1.54, 1.807) is 24.3 Å². The maximum absolute atomic E-state index is 17.8. The van der Waals surface area contributed by atoms with Gasteiger partial charge < -0.3 is 27.4 Å². The van der Waals surface area contributed by atoms with E-state index in [0.717, 1.165) is 99.4 Å². The molecule has 20 rings (SSSR count). The molecule has 0 saturated carbocycles. The maximum atomic E-state index is 17.8. The lowest BCUT2D eigenvalue weighted by molar-refractivity contribution is -0.137. The van der Waals surface area contributed by atoms with Gasteiger partial charge >= 0.3 is 6.18 Å². The summed E-state index contributed by atoms with van der Waals surface area (Å²) in [7, 11) is 0. The molecule has 0 amide bonds. The number of halogens is 8. The molecule has 0 aliphatic carbocycles. The molecule has 0 saturated heterocycles. The summed E-state index contributed by atoms with van der Waals surface area (Å²) < 4.78 is 146. The molecule has 14 heteroatoms. The first-order valence-corrected chi connectivity index (χ1v) is 32.3. The average Bonchev–Trinajstić information content (AvgIpc) is 1.58. The maximum Gasteiger partial charge on any atom is 0.416 e. The minimum absolute atomic E-state index is 0.262. The van der Waals surface area contributed by atoms with Crippen molar-refractivity contribution in [1.82, 2.24) is 27.4 Å². The quantitative estimate of drug-likeness (QED) is 0.0865. The van der Waals surface area contributed by atoms with Gasteiger partial charge in [0, 0.05) is 92.9 Å². The van der Waals surface area contributed by atoms with Gasteiger partial charge in [-0.15, -0.1) is 0 Å². The summed E-state index contributed by atoms with van der Waals surface area (Å²) in [6, 6.07) is 87.1. The highest BCUT2D eigenvalue weighted by molar-refractivity contribution is 6.17. The molecule has 0 aliphatic rings. The van der Waals surface area contributed by atoms with Crippen molar-refractivity contribution in [3.63, 3.8) is 0 Å². The fraction of sp³-hybridized carbons (Fsp3) is 0.0118. The van der Waals surface area contributed by atoms with Crippen molar-refractivity contribution in [2.75, 3.05) is 0 Å². The molecule has 472 valence electrons. The Morgan fingerprint density at radius 2 is 0.394 bits per heavy atom. The smallest absolute Gasteiger partial charge is 0.309 e. The van der Waals surface area contributed by atoms with Crippen LogP contribution < -0.4 is 0 Å². The molecule has 0 radical (unpaired) electrons. The van der Waals surface area contributed by atoms with E-state index in [1.165, 1.54) is 9.13 Å². The summed E-state index contributed by atoms with van der Waals surface area (Å²) in [5, 5.41) is 9.81. The van der Waals surface area contributed by atoms with E-state index >= 15 is 35.1 Å². The van der Waals surface area contributed by atoms with Crippen molar-refractivity contribution in [3.8, 4) is 45.3 Å². The molecule has 0 unspecified atom stereocenters. The third-order valence-electron chi connectivity index (χ3n) is 20.2. The van der Waals surface area contributed by atoms with E-state index in [-0.39, 0.29) is 22.1 Å². The minimum Gasteiger partial charge on any atom is -0.309 e. The highest BCUT2D eigenvalue weighted by Crippen LogP contribution is 2.50. The van der Waals surface area contributed by atoms with Crippen molar-refractivity contribution >= 4 is 131 Å². The number of para-hydroxylation sites is 8. The van der Waals surface area contributed by atoms with Gasteiger partial charge in [-0.1, -0.05) is 146 Å². The largest absolute Gasteiger partial charge is 0.416 e. The lowest BCUT2D eigenvalue weighted by Crippen LogP contribution is -2.13. The molecule has 0 aliphatic heterocycles. The Bertz CT molecular complexity index is 5980. The van der Waals surface area contributed by atoms with Crippen molar-refractivity contribution in [2.24, 2.45) is 0 Å². The second kappa shape index (κ2) is 20.7. The molecule has 14 aromatic carbocycles. The Balaban J connectivity index is 0.938. The second-order valence-electron chi connectivity index (χ2n) is 25.3. The number of benzene rings is 14. The molecule has 0 fully saturated rings. The standard InChI is InChI=1S/C85H46F8N6/c86-80-79(81(87)83(89)84(90)82(80)88)78-76(98-72-37-33-48(94-64-25-9-1-17-52(64)53-18-2-10-26-65(53)94)43-60(72)61-44-49(34-38-73(61)98)95-66-27-11-3-19-54(66)55-20-4-12-28-67(55)95)41-47(85(91,92)93)42-77(78)99-74-39-35-50(96-68-29-13-5-21-56(68)57-22-6-14-30-69(57)96)45-62(74)63-46-51(36-40-75(63)99)97-70-31-15-7-23-58(70)59-24-8-16-32-71(59)97/h1-46H. The van der Waals surface area contributed by atoms with Gasteiger partial charge in [0.1, 0.15) is 0 Å². The fourth-order valence-electron chi connectivity index (χ4n) is 16.1. The molecule has 0 spiro atoms. The predicted octanol–water partition coefficient (Wildman–Crippen LogP) is 23.7. The van der Waals surface area contributed by atoms with E-state index in [0.29, 0.717) is 44.3 Å². The first-order chi connectivity index (χ1) is 48.4. The number of fused-ring (bicyclic) bond motifs is 18. The Hall–Kier alpha value is -12.7. The van der Waals surface area contributed by atoms with Crippen LogP contribution in [0.3, 0.4) is 0 Å². The third kappa shape index (κ3) is 7.93. The minimum atomic E-state index is -5.18. The summed E-state index contributed by atoms with van der Waals surface area (Å²) in [6.07, 6.45) is -5.18. The van der Waals surface area contributed by atoms with Gasteiger partial charge in [0.2, 0.25) is 5.82 Å². The molecule has 6 heterocycles. The zero-order valence-corrected chi connectivity index (χ0v) is 51.8. The van der Waals surface area contributed by atoms with Gasteiger partial charge in [-0.25, -0.2) is 22.0 Å². The number of rotatable bonds is 7. The van der Waals surface area contributed by atoms with Crippen LogP contribution in [0.1, 0.15) is 5.56 Å². The van der Waals surface area contributed by atoms with Gasteiger partial charge in [-0.3, -0.25) is 0 Å². The van der Waals surface area contributed by atoms with Crippen LogP contribution in [0.4, 0.5) is 35.1 Å². The molecule has 6 nitrogen and oxygen atoms in total. The van der Waals surface area contributed by atoms with Crippen molar-refractivity contribution in [1.29, 1.82) is 0 Å². The number of hydrogen-bond acceptors (Lipinski definition) is 0. The first-order valence-electron chi connectivity index (χ1n) is 32.3. The first kappa shape index (κ1) is 56.6. The van der Waals surface area contributed by atoms with Crippen LogP contribution in [0.5, 0.6) is 0 Å². The molecule has 0 N–H and O–H groups in total. The normalized spacial score (nSPS) is 12.4. The van der Waals surface area contributed by atoms with Gasteiger partial charge in [0.25, 0.3) is 0 Å². The van der Waals surface area contributed by atoms with Crippen LogP contribution in [-0.4, -0.2) is 27.4 Å². The zero-order valence-electron chi connectivity index (χ0n) is 51.8. The van der Waals surface area contributed by atoms with Gasteiger partial charge in [-0.2, -0.15) is 13.2 Å². The molecule has 6 aromatic heterocycles. The molecule has 0 atom stereocenters. The third-order valence-corrected chi connectivity index (χ3v) is 20.2. The zero-order chi connectivity index (χ0) is 66.4. The van der Waals surface area contributed by atoms with E-state index in [1.807, 2.05) is 243 Å². The number of nitrogens with zero attached hydrogens (tertiary/aromatic N) is 6. The highest BCUT2D eigenvalue weighted by atomic mass is 19.4. The van der Waals surface area contributed by atoms with Crippen LogP contribution in [0, 0.1) is 29.1 Å². The predicted molar refractivity (Wildman–Crippen MR) is 383 cm³/mol. The Labute approximate surface area is 555 Å². The number of hydrogen-bond donors (Lipinski definition) is 0. The van der Waals surface area contributed by atoms with Crippen molar-refractivity contribution in [2.45, 2.75) is 6.18 Å². The van der Waals surface area contributed by atoms with E-state index in [9.17, 15) is 0 Å².